The van der Waals surface area contributed by atoms with Gasteiger partial charge < -0.3 is 4.74 Å². The van der Waals surface area contributed by atoms with Gasteiger partial charge in [-0.2, -0.15) is 0 Å². The number of rotatable bonds is 3. The summed E-state index contributed by atoms with van der Waals surface area (Å²) in [5.74, 6) is 0. The summed E-state index contributed by atoms with van der Waals surface area (Å²) in [7, 11) is 0. The molecule has 9 heavy (non-hydrogen) atoms. The molecule has 0 aromatic carbocycles. The van der Waals surface area contributed by atoms with E-state index in [0.29, 0.717) is 6.61 Å². The number of hydrogen-bond donors (Lipinski definition) is 0. The van der Waals surface area contributed by atoms with Crippen molar-refractivity contribution in [3.05, 3.63) is 23.8 Å². The third kappa shape index (κ3) is 2.20. The van der Waals surface area contributed by atoms with Gasteiger partial charge in [-0.1, -0.05) is 29.8 Å². The van der Waals surface area contributed by atoms with Gasteiger partial charge in [0.05, 0.1) is 6.61 Å². The van der Waals surface area contributed by atoms with E-state index in [2.05, 4.69) is 12.2 Å². The summed E-state index contributed by atoms with van der Waals surface area (Å²) in [6, 6.07) is 0.289. The minimum Gasteiger partial charge on any atom is -0.361 e. The van der Waals surface area contributed by atoms with E-state index < -0.39 is 0 Å². The molecule has 1 nitrogen and oxygen atoms in total. The van der Waals surface area contributed by atoms with Gasteiger partial charge in [0, 0.05) is 0 Å². The van der Waals surface area contributed by atoms with E-state index in [-0.39, 0.29) is 6.07 Å². The van der Waals surface area contributed by atoms with Gasteiger partial charge in [0.25, 0.3) is 0 Å². The van der Waals surface area contributed by atoms with Crippen LogP contribution in [0.25, 0.3) is 0 Å². The first kappa shape index (κ1) is 6.84. The Morgan fingerprint density at radius 2 is 2.56 bits per heavy atom. The van der Waals surface area contributed by atoms with Gasteiger partial charge in [0.15, 0.2) is 0 Å². The van der Waals surface area contributed by atoms with Gasteiger partial charge in [-0.05, 0) is 12.0 Å². The molecule has 0 atom stereocenters. The maximum atomic E-state index is 5.31. The van der Waals surface area contributed by atoms with E-state index in [4.69, 9.17) is 16.3 Å². The van der Waals surface area contributed by atoms with Crippen LogP contribution in [0.5, 0.6) is 0 Å². The van der Waals surface area contributed by atoms with E-state index >= 15 is 0 Å². The Morgan fingerprint density at radius 3 is 3.11 bits per heavy atom. The second-order valence-corrected chi connectivity index (χ2v) is 2.13. The van der Waals surface area contributed by atoms with E-state index in [9.17, 15) is 0 Å². The smallest absolute Gasteiger partial charge is 0.121 e. The predicted molar refractivity (Wildman–Crippen MR) is 38.5 cm³/mol. The van der Waals surface area contributed by atoms with E-state index in [1.807, 2.05) is 6.08 Å². The van der Waals surface area contributed by atoms with Crippen LogP contribution in [0.1, 0.15) is 6.42 Å². The number of ether oxygens (including phenoxy) is 1. The van der Waals surface area contributed by atoms with Gasteiger partial charge >= 0.3 is 0 Å². The van der Waals surface area contributed by atoms with Crippen LogP contribution >= 0.6 is 11.6 Å². The van der Waals surface area contributed by atoms with Crippen molar-refractivity contribution in [2.45, 2.75) is 6.42 Å². The lowest BCUT2D eigenvalue weighted by Gasteiger charge is -1.98. The highest BCUT2D eigenvalue weighted by Gasteiger charge is 1.96. The summed E-state index contributed by atoms with van der Waals surface area (Å²) in [4.78, 5) is 0. The van der Waals surface area contributed by atoms with E-state index in [0.717, 1.165) is 6.42 Å². The lowest BCUT2D eigenvalue weighted by atomic mass is 10.2. The molecule has 0 radical (unpaired) electrons. The van der Waals surface area contributed by atoms with Crippen LogP contribution in [0.2, 0.25) is 0 Å². The van der Waals surface area contributed by atoms with Crippen LogP contribution in [0.4, 0.5) is 0 Å². The second kappa shape index (κ2) is 3.70. The summed E-state index contributed by atoms with van der Waals surface area (Å²) in [6.45, 7) is 0.677. The molecular weight excluding hydrogens is 136 g/mol. The van der Waals surface area contributed by atoms with Crippen LogP contribution in [-0.4, -0.2) is 12.7 Å². The lowest BCUT2D eigenvalue weighted by Crippen LogP contribution is -1.93. The topological polar surface area (TPSA) is 9.23 Å². The molecule has 0 unspecified atom stereocenters. The molecule has 0 saturated carbocycles. The zero-order chi connectivity index (χ0) is 6.53. The largest absolute Gasteiger partial charge is 0.361 e. The van der Waals surface area contributed by atoms with Crippen molar-refractivity contribution in [3.8, 4) is 0 Å². The third-order valence-corrected chi connectivity index (χ3v) is 1.37. The Balaban J connectivity index is 2.14. The van der Waals surface area contributed by atoms with Crippen molar-refractivity contribution in [2.24, 2.45) is 0 Å². The summed E-state index contributed by atoms with van der Waals surface area (Å²) >= 11 is 5.31. The number of hydrogen-bond acceptors (Lipinski definition) is 1. The molecule has 0 heterocycles. The average molecular weight is 145 g/mol. The summed E-state index contributed by atoms with van der Waals surface area (Å²) in [5.41, 5.74) is 1.30. The summed E-state index contributed by atoms with van der Waals surface area (Å²) < 4.78 is 4.97. The van der Waals surface area contributed by atoms with Gasteiger partial charge in [-0.25, -0.2) is 0 Å². The van der Waals surface area contributed by atoms with Crippen LogP contribution in [-0.2, 0) is 4.74 Å². The average Bonchev–Trinajstić information content (AvgIpc) is 2.34. The SMILES string of the molecule is ClCOCC1=CC=CC1. The van der Waals surface area contributed by atoms with Crippen molar-refractivity contribution in [3.63, 3.8) is 0 Å². The van der Waals surface area contributed by atoms with Crippen LogP contribution in [0.3, 0.4) is 0 Å². The van der Waals surface area contributed by atoms with Gasteiger partial charge in [-0.3, -0.25) is 0 Å². The highest BCUT2D eigenvalue weighted by molar-refractivity contribution is 6.17. The molecule has 1 aliphatic rings. The second-order valence-electron chi connectivity index (χ2n) is 1.91. The maximum absolute atomic E-state index is 5.31. The third-order valence-electron chi connectivity index (χ3n) is 1.21. The molecule has 0 amide bonds. The van der Waals surface area contributed by atoms with Crippen molar-refractivity contribution in [2.75, 3.05) is 12.7 Å². The molecule has 2 heteroatoms. The molecule has 0 saturated heterocycles. The Labute approximate surface area is 60.0 Å². The quantitative estimate of drug-likeness (QED) is 0.552. The first-order chi connectivity index (χ1) is 4.43. The molecular formula is C7H9ClO. The highest BCUT2D eigenvalue weighted by Crippen LogP contribution is 2.09. The maximum Gasteiger partial charge on any atom is 0.121 e. The Hall–Kier alpha value is -0.270. The fraction of sp³-hybridized carbons (Fsp3) is 0.429. The number of alkyl halides is 1. The molecule has 1 aliphatic carbocycles. The molecule has 0 spiro atoms. The molecule has 0 bridgehead atoms. The fourth-order valence-corrected chi connectivity index (χ4v) is 0.845. The van der Waals surface area contributed by atoms with Crippen LogP contribution in [0.15, 0.2) is 23.8 Å². The Kier molecular flexibility index (Phi) is 2.81. The summed E-state index contributed by atoms with van der Waals surface area (Å²) in [6.07, 6.45) is 7.23. The molecule has 0 fully saturated rings. The molecule has 1 rings (SSSR count). The van der Waals surface area contributed by atoms with Gasteiger partial charge in [-0.15, -0.1) is 0 Å². The minimum atomic E-state index is 0.289. The lowest BCUT2D eigenvalue weighted by molar-refractivity contribution is 0.204. The highest BCUT2D eigenvalue weighted by atomic mass is 35.5. The standard InChI is InChI=1S/C7H9ClO/c8-6-9-5-7-3-1-2-4-7/h1-3H,4-6H2. The van der Waals surface area contributed by atoms with Crippen molar-refractivity contribution < 1.29 is 4.74 Å². The van der Waals surface area contributed by atoms with Crippen LogP contribution < -0.4 is 0 Å². The minimum absolute atomic E-state index is 0.289. The van der Waals surface area contributed by atoms with Crippen LogP contribution in [0, 0.1) is 0 Å². The molecule has 0 N–H and O–H groups in total. The Bertz CT molecular complexity index is 138. The first-order valence-corrected chi connectivity index (χ1v) is 3.45. The van der Waals surface area contributed by atoms with Crippen molar-refractivity contribution in [1.29, 1.82) is 0 Å². The summed E-state index contributed by atoms with van der Waals surface area (Å²) in [5, 5.41) is 0. The Morgan fingerprint density at radius 1 is 1.67 bits per heavy atom. The molecule has 0 aromatic heterocycles. The van der Waals surface area contributed by atoms with Gasteiger partial charge in [0.2, 0.25) is 0 Å². The zero-order valence-corrected chi connectivity index (χ0v) is 5.90. The zero-order valence-electron chi connectivity index (χ0n) is 5.14. The number of halogens is 1. The number of allylic oxidation sites excluding steroid dienone is 3. The van der Waals surface area contributed by atoms with E-state index in [1.54, 1.807) is 0 Å². The van der Waals surface area contributed by atoms with Crippen molar-refractivity contribution in [1.82, 2.24) is 0 Å². The molecule has 0 aliphatic heterocycles. The molecule has 50 valence electrons. The monoisotopic (exact) mass is 144 g/mol. The molecule has 0 aromatic rings. The first-order valence-electron chi connectivity index (χ1n) is 2.92. The normalized spacial score (nSPS) is 16.3. The van der Waals surface area contributed by atoms with Gasteiger partial charge in [0.1, 0.15) is 6.07 Å². The van der Waals surface area contributed by atoms with E-state index in [1.165, 1.54) is 5.57 Å². The predicted octanol–water partition coefficient (Wildman–Crippen LogP) is 2.09. The van der Waals surface area contributed by atoms with Crippen molar-refractivity contribution >= 4 is 11.6 Å². The fourth-order valence-electron chi connectivity index (χ4n) is 0.768.